The monoisotopic (exact) mass is 423 g/mol. The van der Waals surface area contributed by atoms with Crippen LogP contribution in [-0.4, -0.2) is 42.4 Å². The molecule has 0 aromatic heterocycles. The van der Waals surface area contributed by atoms with Gasteiger partial charge in [0.2, 0.25) is 0 Å². The summed E-state index contributed by atoms with van der Waals surface area (Å²) in [5, 5.41) is 19.0. The lowest BCUT2D eigenvalue weighted by molar-refractivity contribution is -0.136. The van der Waals surface area contributed by atoms with Crippen LogP contribution in [0.3, 0.4) is 0 Å². The van der Waals surface area contributed by atoms with Gasteiger partial charge in [0.1, 0.15) is 5.84 Å². The highest BCUT2D eigenvalue weighted by atomic mass is 16.5. The third kappa shape index (κ3) is 7.11. The number of nitrogens with one attached hydrogen (secondary N) is 2. The summed E-state index contributed by atoms with van der Waals surface area (Å²) in [4.78, 5) is 34.9. The second kappa shape index (κ2) is 11.3. The van der Waals surface area contributed by atoms with Crippen molar-refractivity contribution in [1.82, 2.24) is 5.32 Å². The van der Waals surface area contributed by atoms with Crippen LogP contribution in [0.1, 0.15) is 50.2 Å². The molecule has 0 aliphatic carbocycles. The topological polar surface area (TPSA) is 143 Å². The number of methoxy groups -OCH3 is 1. The van der Waals surface area contributed by atoms with Gasteiger partial charge in [-0.1, -0.05) is 36.4 Å². The number of carbonyl (C=O) groups is 3. The summed E-state index contributed by atoms with van der Waals surface area (Å²) in [5.74, 6) is -1.67. The minimum atomic E-state index is -0.890. The number of nitrogen functional groups attached to an aromatic ring is 1. The van der Waals surface area contributed by atoms with Crippen LogP contribution in [0.5, 0.6) is 0 Å². The van der Waals surface area contributed by atoms with Crippen LogP contribution >= 0.6 is 0 Å². The molecule has 31 heavy (non-hydrogen) atoms. The molecule has 0 saturated heterocycles. The van der Waals surface area contributed by atoms with Gasteiger partial charge in [-0.05, 0) is 42.2 Å². The maximum Gasteiger partial charge on any atom is 0.338 e. The lowest BCUT2D eigenvalue weighted by Crippen LogP contribution is -2.25. The van der Waals surface area contributed by atoms with Gasteiger partial charge in [0, 0.05) is 24.1 Å². The normalized spacial score (nSPS) is 10.6. The summed E-state index contributed by atoms with van der Waals surface area (Å²) >= 11 is 0. The molecule has 2 aromatic rings. The number of amides is 1. The molecule has 0 spiro atoms. The Morgan fingerprint density at radius 3 is 2.42 bits per heavy atom. The summed E-state index contributed by atoms with van der Waals surface area (Å²) < 4.78 is 4.80. The van der Waals surface area contributed by atoms with E-state index in [4.69, 9.17) is 21.0 Å². The summed E-state index contributed by atoms with van der Waals surface area (Å²) in [6.07, 6.45) is 4.29. The third-order valence-corrected chi connectivity index (χ3v) is 4.50. The van der Waals surface area contributed by atoms with Crippen LogP contribution in [-0.2, 0) is 16.0 Å². The van der Waals surface area contributed by atoms with Gasteiger partial charge >= 0.3 is 11.9 Å². The fraction of sp³-hybridized carbons (Fsp3) is 0.217. The quantitative estimate of drug-likeness (QED) is 0.263. The molecule has 8 heteroatoms. The summed E-state index contributed by atoms with van der Waals surface area (Å²) in [6.45, 7) is 0.382. The molecular weight excluding hydrogens is 398 g/mol. The van der Waals surface area contributed by atoms with Crippen molar-refractivity contribution >= 4 is 29.8 Å². The largest absolute Gasteiger partial charge is 0.481 e. The highest BCUT2D eigenvalue weighted by molar-refractivity contribution is 5.98. The first-order valence-corrected chi connectivity index (χ1v) is 9.64. The summed E-state index contributed by atoms with van der Waals surface area (Å²) in [7, 11) is 1.30. The molecule has 0 radical (unpaired) electrons. The van der Waals surface area contributed by atoms with Gasteiger partial charge in [-0.15, -0.1) is 0 Å². The summed E-state index contributed by atoms with van der Waals surface area (Å²) in [5.41, 5.74) is 8.33. The number of hydrogen-bond donors (Lipinski definition) is 4. The molecule has 0 fully saturated rings. The van der Waals surface area contributed by atoms with E-state index < -0.39 is 11.9 Å². The van der Waals surface area contributed by atoms with E-state index in [1.165, 1.54) is 7.11 Å². The minimum absolute atomic E-state index is 0.00315. The van der Waals surface area contributed by atoms with Gasteiger partial charge in [-0.3, -0.25) is 15.0 Å². The molecule has 0 unspecified atom stereocenters. The van der Waals surface area contributed by atoms with Gasteiger partial charge in [0.05, 0.1) is 12.7 Å². The Balaban J connectivity index is 2.02. The molecule has 0 bridgehead atoms. The lowest BCUT2D eigenvalue weighted by Gasteiger charge is -2.09. The molecule has 2 rings (SSSR count). The number of aliphatic carboxylic acids is 1. The molecule has 0 saturated carbocycles. The first-order chi connectivity index (χ1) is 14.8. The van der Waals surface area contributed by atoms with Crippen molar-refractivity contribution < 1.29 is 24.2 Å². The molecule has 1 amide bonds. The Hall–Kier alpha value is -3.94. The molecule has 0 atom stereocenters. The van der Waals surface area contributed by atoms with E-state index in [0.717, 1.165) is 5.56 Å². The number of esters is 1. The fourth-order valence-corrected chi connectivity index (χ4v) is 2.84. The zero-order valence-electron chi connectivity index (χ0n) is 17.2. The predicted molar refractivity (Wildman–Crippen MR) is 117 cm³/mol. The van der Waals surface area contributed by atoms with Crippen LogP contribution in [0, 0.1) is 5.41 Å². The number of carbonyl (C=O) groups excluding carboxylic acids is 2. The number of benzene rings is 2. The highest BCUT2D eigenvalue weighted by Gasteiger charge is 2.11. The van der Waals surface area contributed by atoms with Crippen molar-refractivity contribution in [2.45, 2.75) is 19.3 Å². The molecule has 5 N–H and O–H groups in total. The predicted octanol–water partition coefficient (Wildman–Crippen LogP) is 2.61. The van der Waals surface area contributed by atoms with E-state index in [1.54, 1.807) is 48.6 Å². The van der Waals surface area contributed by atoms with E-state index in [9.17, 15) is 14.4 Å². The second-order valence-corrected chi connectivity index (χ2v) is 6.74. The van der Waals surface area contributed by atoms with Gasteiger partial charge in [0.15, 0.2) is 0 Å². The number of allylic oxidation sites excluding steroid dienone is 1. The maximum atomic E-state index is 12.3. The highest BCUT2D eigenvalue weighted by Crippen LogP contribution is 2.16. The molecule has 0 aliphatic heterocycles. The van der Waals surface area contributed by atoms with Crippen LogP contribution in [0.2, 0.25) is 0 Å². The van der Waals surface area contributed by atoms with Crippen molar-refractivity contribution in [3.63, 3.8) is 0 Å². The SMILES string of the molecule is COC(=O)c1ccc(CCNC(=O)c2ccc(C(=N)N)cc2)cc1/C=C/CCC(=O)O. The van der Waals surface area contributed by atoms with Crippen molar-refractivity contribution in [3.05, 3.63) is 76.4 Å². The van der Waals surface area contributed by atoms with Gasteiger partial charge < -0.3 is 20.9 Å². The standard InChI is InChI=1S/C23H25N3O5/c1-31-23(30)19-11-6-15(14-18(19)4-2-3-5-20(27)28)12-13-26-22(29)17-9-7-16(8-10-17)21(24)25/h2,4,6-11,14H,3,5,12-13H2,1H3,(H3,24,25)(H,26,29)(H,27,28)/b4-2+. The summed E-state index contributed by atoms with van der Waals surface area (Å²) in [6, 6.07) is 11.7. The lowest BCUT2D eigenvalue weighted by atomic mass is 10.0. The number of nitrogens with two attached hydrogens (primary N) is 1. The first-order valence-electron chi connectivity index (χ1n) is 9.64. The van der Waals surface area contributed by atoms with Crippen LogP contribution in [0.15, 0.2) is 48.5 Å². The maximum absolute atomic E-state index is 12.3. The Labute approximate surface area is 180 Å². The Kier molecular flexibility index (Phi) is 8.51. The number of amidine groups is 1. The average Bonchev–Trinajstić information content (AvgIpc) is 2.76. The molecular formula is C23H25N3O5. The average molecular weight is 423 g/mol. The van der Waals surface area contributed by atoms with Crippen molar-refractivity contribution in [3.8, 4) is 0 Å². The van der Waals surface area contributed by atoms with E-state index in [-0.39, 0.29) is 18.2 Å². The zero-order valence-corrected chi connectivity index (χ0v) is 17.2. The Morgan fingerprint density at radius 1 is 1.13 bits per heavy atom. The fourth-order valence-electron chi connectivity index (χ4n) is 2.84. The molecule has 0 aliphatic rings. The van der Waals surface area contributed by atoms with Crippen LogP contribution < -0.4 is 11.1 Å². The smallest absolute Gasteiger partial charge is 0.338 e. The number of hydrogen-bond acceptors (Lipinski definition) is 5. The number of ether oxygens (including phenoxy) is 1. The van der Waals surface area contributed by atoms with Gasteiger partial charge in [0.25, 0.3) is 5.91 Å². The molecule has 8 nitrogen and oxygen atoms in total. The van der Waals surface area contributed by atoms with E-state index in [1.807, 2.05) is 6.07 Å². The Bertz CT molecular complexity index is 997. The molecule has 0 heterocycles. The number of carboxylic acid groups (broad SMARTS) is 1. The molecule has 2 aromatic carbocycles. The van der Waals surface area contributed by atoms with Crippen molar-refractivity contribution in [2.75, 3.05) is 13.7 Å². The minimum Gasteiger partial charge on any atom is -0.481 e. The molecule has 162 valence electrons. The van der Waals surface area contributed by atoms with Crippen molar-refractivity contribution in [1.29, 1.82) is 5.41 Å². The van der Waals surface area contributed by atoms with Crippen LogP contribution in [0.4, 0.5) is 0 Å². The van der Waals surface area contributed by atoms with E-state index in [0.29, 0.717) is 41.6 Å². The zero-order chi connectivity index (χ0) is 22.8. The van der Waals surface area contributed by atoms with Gasteiger partial charge in [-0.25, -0.2) is 4.79 Å². The van der Waals surface area contributed by atoms with Crippen LogP contribution in [0.25, 0.3) is 6.08 Å². The van der Waals surface area contributed by atoms with Gasteiger partial charge in [-0.2, -0.15) is 0 Å². The third-order valence-electron chi connectivity index (χ3n) is 4.50. The van der Waals surface area contributed by atoms with Crippen molar-refractivity contribution in [2.24, 2.45) is 5.73 Å². The Morgan fingerprint density at radius 2 is 1.81 bits per heavy atom. The second-order valence-electron chi connectivity index (χ2n) is 6.74. The van der Waals surface area contributed by atoms with E-state index in [2.05, 4.69) is 5.32 Å². The first kappa shape index (κ1) is 23.3. The number of rotatable bonds is 10. The van der Waals surface area contributed by atoms with E-state index >= 15 is 0 Å². The number of carboxylic acids is 1.